The number of aromatic nitrogens is 4. The molecule has 0 fully saturated rings. The number of ketones is 1. The highest BCUT2D eigenvalue weighted by molar-refractivity contribution is 6.31. The van der Waals surface area contributed by atoms with Gasteiger partial charge in [-0.3, -0.25) is 4.79 Å². The van der Waals surface area contributed by atoms with Crippen LogP contribution in [0.1, 0.15) is 6.92 Å². The zero-order valence-electron chi connectivity index (χ0n) is 16.6. The molecule has 0 N–H and O–H groups in total. The standard InChI is InChI=1S/C22H18Cl2N4O3/c1-2-31-13-18(29)12-27-22(30)28-21(26-27)20(15-5-9-17(24)10-6-15)19(11-25-28)14-3-7-16(23)8-4-14/h3-11H,2,12-13H2,1H3. The molecule has 0 saturated carbocycles. The van der Waals surface area contributed by atoms with Gasteiger partial charge in [-0.25, -0.2) is 9.48 Å². The summed E-state index contributed by atoms with van der Waals surface area (Å²) in [6.45, 7) is 1.94. The van der Waals surface area contributed by atoms with Gasteiger partial charge in [-0.15, -0.1) is 5.10 Å². The summed E-state index contributed by atoms with van der Waals surface area (Å²) in [5.41, 5.74) is 2.96. The second kappa shape index (κ2) is 9.01. The predicted molar refractivity (Wildman–Crippen MR) is 120 cm³/mol. The number of rotatable bonds is 7. The minimum atomic E-state index is -0.502. The summed E-state index contributed by atoms with van der Waals surface area (Å²) in [5, 5.41) is 9.92. The zero-order valence-corrected chi connectivity index (χ0v) is 18.1. The largest absolute Gasteiger partial charge is 0.374 e. The maximum atomic E-state index is 12.8. The van der Waals surface area contributed by atoms with E-state index in [1.807, 2.05) is 24.3 Å². The Morgan fingerprint density at radius 3 is 2.23 bits per heavy atom. The van der Waals surface area contributed by atoms with Crippen molar-refractivity contribution in [3.8, 4) is 22.3 Å². The van der Waals surface area contributed by atoms with Gasteiger partial charge in [0, 0.05) is 27.8 Å². The molecule has 0 radical (unpaired) electrons. The average Bonchev–Trinajstić information content (AvgIpc) is 3.08. The Kier molecular flexibility index (Phi) is 6.18. The Labute approximate surface area is 187 Å². The smallest absolute Gasteiger partial charge is 0.367 e. The highest BCUT2D eigenvalue weighted by Crippen LogP contribution is 2.34. The summed E-state index contributed by atoms with van der Waals surface area (Å²) < 4.78 is 7.43. The van der Waals surface area contributed by atoms with Crippen LogP contribution in [0.25, 0.3) is 27.9 Å². The average molecular weight is 457 g/mol. The van der Waals surface area contributed by atoms with E-state index in [9.17, 15) is 9.59 Å². The fourth-order valence-electron chi connectivity index (χ4n) is 3.24. The molecule has 4 rings (SSSR count). The van der Waals surface area contributed by atoms with E-state index >= 15 is 0 Å². The highest BCUT2D eigenvalue weighted by atomic mass is 35.5. The van der Waals surface area contributed by atoms with Crippen LogP contribution in [-0.4, -0.2) is 38.4 Å². The van der Waals surface area contributed by atoms with Crippen LogP contribution in [-0.2, 0) is 16.1 Å². The molecule has 0 spiro atoms. The first-order valence-corrected chi connectivity index (χ1v) is 10.3. The summed E-state index contributed by atoms with van der Waals surface area (Å²) >= 11 is 12.1. The minimum Gasteiger partial charge on any atom is -0.374 e. The van der Waals surface area contributed by atoms with Crippen molar-refractivity contribution in [2.75, 3.05) is 13.2 Å². The third kappa shape index (κ3) is 4.39. The molecule has 0 aliphatic heterocycles. The van der Waals surface area contributed by atoms with Crippen LogP contribution in [0.2, 0.25) is 10.0 Å². The summed E-state index contributed by atoms with van der Waals surface area (Å²) in [6, 6.07) is 14.5. The molecular weight excluding hydrogens is 439 g/mol. The monoisotopic (exact) mass is 456 g/mol. The topological polar surface area (TPSA) is 78.5 Å². The predicted octanol–water partition coefficient (Wildman–Crippen LogP) is 4.14. The van der Waals surface area contributed by atoms with Crippen molar-refractivity contribution in [1.29, 1.82) is 0 Å². The lowest BCUT2D eigenvalue weighted by Crippen LogP contribution is -2.27. The van der Waals surface area contributed by atoms with Gasteiger partial charge in [0.2, 0.25) is 0 Å². The van der Waals surface area contributed by atoms with E-state index in [4.69, 9.17) is 27.9 Å². The summed E-state index contributed by atoms with van der Waals surface area (Å²) in [5.74, 6) is -0.252. The van der Waals surface area contributed by atoms with Crippen molar-refractivity contribution in [1.82, 2.24) is 19.4 Å². The van der Waals surface area contributed by atoms with Crippen molar-refractivity contribution in [2.45, 2.75) is 13.5 Å². The van der Waals surface area contributed by atoms with Crippen LogP contribution in [0.5, 0.6) is 0 Å². The van der Waals surface area contributed by atoms with E-state index in [-0.39, 0.29) is 18.9 Å². The summed E-state index contributed by atoms with van der Waals surface area (Å²) in [4.78, 5) is 25.0. The molecule has 4 aromatic rings. The van der Waals surface area contributed by atoms with Crippen molar-refractivity contribution in [3.63, 3.8) is 0 Å². The van der Waals surface area contributed by atoms with Gasteiger partial charge < -0.3 is 4.74 Å². The molecule has 2 heterocycles. The van der Waals surface area contributed by atoms with Gasteiger partial charge in [0.1, 0.15) is 13.2 Å². The lowest BCUT2D eigenvalue weighted by atomic mass is 9.97. The third-order valence-corrected chi connectivity index (χ3v) is 5.20. The lowest BCUT2D eigenvalue weighted by molar-refractivity contribution is -0.124. The molecule has 9 heteroatoms. The number of carbonyl (C=O) groups is 1. The van der Waals surface area contributed by atoms with Crippen LogP contribution < -0.4 is 5.69 Å². The normalized spacial score (nSPS) is 11.2. The summed E-state index contributed by atoms with van der Waals surface area (Å²) in [6.07, 6.45) is 1.61. The molecule has 0 aliphatic carbocycles. The first-order valence-electron chi connectivity index (χ1n) is 9.58. The van der Waals surface area contributed by atoms with Crippen molar-refractivity contribution in [2.24, 2.45) is 0 Å². The molecular formula is C22H18Cl2N4O3. The Hall–Kier alpha value is -3.00. The SMILES string of the molecule is CCOCC(=O)Cn1nc2c(-c3ccc(Cl)cc3)c(-c3ccc(Cl)cc3)cnn2c1=O. The Morgan fingerprint density at radius 2 is 1.61 bits per heavy atom. The third-order valence-electron chi connectivity index (χ3n) is 4.69. The molecule has 0 atom stereocenters. The number of nitrogens with zero attached hydrogens (tertiary/aromatic N) is 4. The maximum Gasteiger partial charge on any atom is 0.367 e. The molecule has 7 nitrogen and oxygen atoms in total. The van der Waals surface area contributed by atoms with E-state index in [1.165, 1.54) is 4.52 Å². The van der Waals surface area contributed by atoms with Crippen molar-refractivity contribution < 1.29 is 9.53 Å². The summed E-state index contributed by atoms with van der Waals surface area (Å²) in [7, 11) is 0. The van der Waals surface area contributed by atoms with E-state index < -0.39 is 5.69 Å². The van der Waals surface area contributed by atoms with Crippen LogP contribution in [0.4, 0.5) is 0 Å². The van der Waals surface area contributed by atoms with E-state index in [0.717, 1.165) is 21.4 Å². The van der Waals surface area contributed by atoms with Crippen LogP contribution >= 0.6 is 23.2 Å². The molecule has 2 aromatic heterocycles. The van der Waals surface area contributed by atoms with Crippen LogP contribution in [0, 0.1) is 0 Å². The number of hydrogen-bond acceptors (Lipinski definition) is 5. The number of hydrogen-bond donors (Lipinski definition) is 0. The number of benzene rings is 2. The number of halogens is 2. The van der Waals surface area contributed by atoms with Gasteiger partial charge in [0.25, 0.3) is 0 Å². The number of Topliss-reactive ketones (excluding diaryl/α,β-unsaturated/α-hetero) is 1. The fourth-order valence-corrected chi connectivity index (χ4v) is 3.49. The molecule has 0 aliphatic rings. The van der Waals surface area contributed by atoms with Gasteiger partial charge in [0.05, 0.1) is 6.20 Å². The van der Waals surface area contributed by atoms with E-state index in [1.54, 1.807) is 37.4 Å². The van der Waals surface area contributed by atoms with Gasteiger partial charge in [0.15, 0.2) is 11.4 Å². The quantitative estimate of drug-likeness (QED) is 0.417. The number of carbonyl (C=O) groups excluding carboxylic acids is 1. The van der Waals surface area contributed by atoms with E-state index in [2.05, 4.69) is 10.2 Å². The molecule has 0 amide bonds. The van der Waals surface area contributed by atoms with Crippen molar-refractivity contribution >= 4 is 34.6 Å². The molecule has 0 saturated heterocycles. The van der Waals surface area contributed by atoms with Crippen LogP contribution in [0.3, 0.4) is 0 Å². The molecule has 0 unspecified atom stereocenters. The van der Waals surface area contributed by atoms with Crippen molar-refractivity contribution in [3.05, 3.63) is 75.3 Å². The number of ether oxygens (including phenoxy) is 1. The minimum absolute atomic E-state index is 0.0791. The molecule has 0 bridgehead atoms. The Bertz CT molecular complexity index is 1300. The Morgan fingerprint density at radius 1 is 1.00 bits per heavy atom. The molecule has 31 heavy (non-hydrogen) atoms. The second-order valence-corrected chi connectivity index (χ2v) is 7.67. The first-order chi connectivity index (χ1) is 15.0. The Balaban J connectivity index is 1.91. The van der Waals surface area contributed by atoms with Gasteiger partial charge >= 0.3 is 5.69 Å². The zero-order chi connectivity index (χ0) is 22.0. The lowest BCUT2D eigenvalue weighted by Gasteiger charge is -2.11. The van der Waals surface area contributed by atoms with Gasteiger partial charge in [-0.1, -0.05) is 47.5 Å². The van der Waals surface area contributed by atoms with E-state index in [0.29, 0.717) is 27.9 Å². The fraction of sp³-hybridized carbons (Fsp3) is 0.182. The second-order valence-electron chi connectivity index (χ2n) is 6.80. The molecule has 2 aromatic carbocycles. The highest BCUT2D eigenvalue weighted by Gasteiger charge is 2.19. The van der Waals surface area contributed by atoms with Crippen LogP contribution in [0.15, 0.2) is 59.5 Å². The first kappa shape index (κ1) is 21.2. The number of fused-ring (bicyclic) bond motifs is 1. The van der Waals surface area contributed by atoms with Gasteiger partial charge in [-0.05, 0) is 42.3 Å². The molecule has 158 valence electrons. The van der Waals surface area contributed by atoms with Gasteiger partial charge in [-0.2, -0.15) is 9.61 Å². The maximum absolute atomic E-state index is 12.8.